The highest BCUT2D eigenvalue weighted by Crippen LogP contribution is 2.10. The van der Waals surface area contributed by atoms with Crippen molar-refractivity contribution in [3.05, 3.63) is 0 Å². The van der Waals surface area contributed by atoms with Gasteiger partial charge in [0.05, 0.1) is 6.54 Å². The van der Waals surface area contributed by atoms with Crippen molar-refractivity contribution in [2.75, 3.05) is 19.6 Å². The zero-order valence-electron chi connectivity index (χ0n) is 15.4. The van der Waals surface area contributed by atoms with Gasteiger partial charge in [-0.25, -0.2) is 0 Å². The maximum atomic E-state index is 11.7. The fourth-order valence-electron chi connectivity index (χ4n) is 2.60. The van der Waals surface area contributed by atoms with Crippen LogP contribution in [-0.4, -0.2) is 52.9 Å². The molecule has 0 aromatic heterocycles. The molecule has 0 saturated carbocycles. The Balaban J connectivity index is 3.54. The molecule has 142 valence electrons. The van der Waals surface area contributed by atoms with Crippen molar-refractivity contribution in [3.63, 3.8) is 0 Å². The van der Waals surface area contributed by atoms with Gasteiger partial charge >= 0.3 is 5.97 Å². The van der Waals surface area contributed by atoms with E-state index in [-0.39, 0.29) is 12.5 Å². The molecule has 0 aliphatic carbocycles. The summed E-state index contributed by atoms with van der Waals surface area (Å²) < 4.78 is 0. The predicted molar refractivity (Wildman–Crippen MR) is 95.7 cm³/mol. The summed E-state index contributed by atoms with van der Waals surface area (Å²) in [5, 5.41) is 21.0. The molecule has 0 spiro atoms. The highest BCUT2D eigenvalue weighted by molar-refractivity contribution is 5.75. The van der Waals surface area contributed by atoms with Gasteiger partial charge in [-0.1, -0.05) is 58.3 Å². The van der Waals surface area contributed by atoms with Crippen LogP contribution in [-0.2, 0) is 9.59 Å². The lowest BCUT2D eigenvalue weighted by molar-refractivity contribution is -0.141. The van der Waals surface area contributed by atoms with Gasteiger partial charge in [-0.2, -0.15) is 0 Å². The highest BCUT2D eigenvalue weighted by Gasteiger charge is 2.14. The van der Waals surface area contributed by atoms with Gasteiger partial charge in [0.1, 0.15) is 6.23 Å². The van der Waals surface area contributed by atoms with Gasteiger partial charge < -0.3 is 15.5 Å². The van der Waals surface area contributed by atoms with Crippen LogP contribution in [0.15, 0.2) is 0 Å². The van der Waals surface area contributed by atoms with Crippen molar-refractivity contribution < 1.29 is 19.8 Å². The number of amides is 1. The third kappa shape index (κ3) is 14.5. The predicted octanol–water partition coefficient (Wildman–Crippen LogP) is 2.75. The number of aliphatic hydroxyl groups is 1. The lowest BCUT2D eigenvalue weighted by Gasteiger charge is -2.23. The second-order valence-electron chi connectivity index (χ2n) is 6.42. The summed E-state index contributed by atoms with van der Waals surface area (Å²) in [5.74, 6) is -0.990. The van der Waals surface area contributed by atoms with Crippen molar-refractivity contribution in [2.45, 2.75) is 84.3 Å². The summed E-state index contributed by atoms with van der Waals surface area (Å²) in [6, 6.07) is 0. The number of carbonyl (C=O) groups excluding carboxylic acids is 1. The maximum absolute atomic E-state index is 11.7. The van der Waals surface area contributed by atoms with E-state index in [1.807, 2.05) is 0 Å². The van der Waals surface area contributed by atoms with E-state index in [0.717, 1.165) is 12.8 Å². The second kappa shape index (κ2) is 15.4. The standard InChI is InChI=1S/C18H36N2O4/c1-3-4-5-6-7-8-9-10-11-12-17(22)19-13-14-20(16(2)21)15-18(23)24/h16,21H,3-15H2,1-2H3,(H,19,22)(H,23,24). The van der Waals surface area contributed by atoms with E-state index in [1.54, 1.807) is 0 Å². The first kappa shape index (κ1) is 22.9. The first-order valence-electron chi connectivity index (χ1n) is 9.38. The number of hydrogen-bond acceptors (Lipinski definition) is 4. The molecule has 24 heavy (non-hydrogen) atoms. The van der Waals surface area contributed by atoms with Crippen molar-refractivity contribution >= 4 is 11.9 Å². The molecular weight excluding hydrogens is 308 g/mol. The average molecular weight is 344 g/mol. The Bertz CT molecular complexity index is 335. The minimum absolute atomic E-state index is 0.00110. The first-order chi connectivity index (χ1) is 11.5. The van der Waals surface area contributed by atoms with Crippen LogP contribution in [0.5, 0.6) is 0 Å². The molecule has 0 heterocycles. The summed E-state index contributed by atoms with van der Waals surface area (Å²) in [7, 11) is 0. The van der Waals surface area contributed by atoms with E-state index >= 15 is 0 Å². The van der Waals surface area contributed by atoms with Crippen LogP contribution < -0.4 is 5.32 Å². The van der Waals surface area contributed by atoms with Gasteiger partial charge in [0.2, 0.25) is 5.91 Å². The van der Waals surface area contributed by atoms with Crippen LogP contribution in [0.1, 0.15) is 78.1 Å². The number of nitrogens with zero attached hydrogens (tertiary/aromatic N) is 1. The molecule has 1 unspecified atom stereocenters. The van der Waals surface area contributed by atoms with Gasteiger partial charge in [-0.3, -0.25) is 14.5 Å². The molecular formula is C18H36N2O4. The quantitative estimate of drug-likeness (QED) is 0.296. The van der Waals surface area contributed by atoms with E-state index in [4.69, 9.17) is 5.11 Å². The molecule has 0 aliphatic heterocycles. The third-order valence-corrected chi connectivity index (χ3v) is 4.10. The average Bonchev–Trinajstić information content (AvgIpc) is 2.51. The smallest absolute Gasteiger partial charge is 0.317 e. The summed E-state index contributed by atoms with van der Waals surface area (Å²) in [4.78, 5) is 23.8. The molecule has 0 aromatic carbocycles. The SMILES string of the molecule is CCCCCCCCCCCC(=O)NCCN(CC(=O)O)C(C)O. The van der Waals surface area contributed by atoms with Crippen molar-refractivity contribution in [3.8, 4) is 0 Å². The summed E-state index contributed by atoms with van der Waals surface area (Å²) in [6.07, 6.45) is 10.7. The van der Waals surface area contributed by atoms with E-state index < -0.39 is 12.2 Å². The zero-order valence-corrected chi connectivity index (χ0v) is 15.4. The van der Waals surface area contributed by atoms with Gasteiger partial charge in [0.15, 0.2) is 0 Å². The minimum Gasteiger partial charge on any atom is -0.480 e. The maximum Gasteiger partial charge on any atom is 0.317 e. The van der Waals surface area contributed by atoms with E-state index in [0.29, 0.717) is 19.5 Å². The number of rotatable bonds is 16. The van der Waals surface area contributed by atoms with Crippen molar-refractivity contribution in [1.29, 1.82) is 0 Å². The topological polar surface area (TPSA) is 89.9 Å². The number of hydrogen-bond donors (Lipinski definition) is 3. The van der Waals surface area contributed by atoms with Gasteiger partial charge in [0, 0.05) is 19.5 Å². The van der Waals surface area contributed by atoms with Crippen LogP contribution in [0, 0.1) is 0 Å². The number of carboxylic acid groups (broad SMARTS) is 1. The van der Waals surface area contributed by atoms with Crippen LogP contribution in [0.25, 0.3) is 0 Å². The van der Waals surface area contributed by atoms with Crippen molar-refractivity contribution in [2.24, 2.45) is 0 Å². The first-order valence-corrected chi connectivity index (χ1v) is 9.38. The second-order valence-corrected chi connectivity index (χ2v) is 6.42. The van der Waals surface area contributed by atoms with Crippen LogP contribution in [0.3, 0.4) is 0 Å². The fraction of sp³-hybridized carbons (Fsp3) is 0.889. The van der Waals surface area contributed by atoms with Crippen LogP contribution in [0.2, 0.25) is 0 Å². The number of unbranched alkanes of at least 4 members (excludes halogenated alkanes) is 8. The molecule has 0 aromatic rings. The Morgan fingerprint density at radius 2 is 1.54 bits per heavy atom. The van der Waals surface area contributed by atoms with Gasteiger partial charge in [-0.05, 0) is 13.3 Å². The molecule has 1 amide bonds. The number of aliphatic hydroxyl groups excluding tert-OH is 1. The Morgan fingerprint density at radius 3 is 2.04 bits per heavy atom. The molecule has 1 atom stereocenters. The summed E-state index contributed by atoms with van der Waals surface area (Å²) in [5.41, 5.74) is 0. The van der Waals surface area contributed by atoms with Crippen molar-refractivity contribution in [1.82, 2.24) is 10.2 Å². The number of carbonyl (C=O) groups is 2. The summed E-state index contributed by atoms with van der Waals surface area (Å²) in [6.45, 7) is 4.19. The Morgan fingerprint density at radius 1 is 1.00 bits per heavy atom. The number of aliphatic carboxylic acids is 1. The lowest BCUT2D eigenvalue weighted by Crippen LogP contribution is -2.42. The molecule has 0 rings (SSSR count). The highest BCUT2D eigenvalue weighted by atomic mass is 16.4. The summed E-state index contributed by atoms with van der Waals surface area (Å²) >= 11 is 0. The lowest BCUT2D eigenvalue weighted by atomic mass is 10.1. The van der Waals surface area contributed by atoms with E-state index in [9.17, 15) is 14.7 Å². The molecule has 3 N–H and O–H groups in total. The third-order valence-electron chi connectivity index (χ3n) is 4.10. The van der Waals surface area contributed by atoms with Crippen LogP contribution >= 0.6 is 0 Å². The Kier molecular flexibility index (Phi) is 14.7. The molecule has 6 nitrogen and oxygen atoms in total. The minimum atomic E-state index is -0.989. The van der Waals surface area contributed by atoms with Crippen LogP contribution in [0.4, 0.5) is 0 Å². The number of nitrogens with one attached hydrogen (secondary N) is 1. The molecule has 0 radical (unpaired) electrons. The molecule has 6 heteroatoms. The Labute approximate surface area is 146 Å². The molecule has 0 saturated heterocycles. The molecule has 0 fully saturated rings. The van der Waals surface area contributed by atoms with Gasteiger partial charge in [-0.15, -0.1) is 0 Å². The Hall–Kier alpha value is -1.14. The molecule has 0 bridgehead atoms. The van der Waals surface area contributed by atoms with E-state index in [1.165, 1.54) is 56.8 Å². The monoisotopic (exact) mass is 344 g/mol. The normalized spacial score (nSPS) is 12.3. The van der Waals surface area contributed by atoms with E-state index in [2.05, 4.69) is 12.2 Å². The van der Waals surface area contributed by atoms with Gasteiger partial charge in [0.25, 0.3) is 0 Å². The number of carboxylic acids is 1. The largest absolute Gasteiger partial charge is 0.480 e. The zero-order chi connectivity index (χ0) is 18.2. The molecule has 0 aliphatic rings. The fourth-order valence-corrected chi connectivity index (χ4v) is 2.60.